The van der Waals surface area contributed by atoms with Crippen LogP contribution in [0.3, 0.4) is 0 Å². The molecule has 0 radical (unpaired) electrons. The number of nitrogens with zero attached hydrogens (tertiary/aromatic N) is 4. The average Bonchev–Trinajstić information content (AvgIpc) is 3.42. The highest BCUT2D eigenvalue weighted by Gasteiger charge is 2.33. The van der Waals surface area contributed by atoms with E-state index in [0.29, 0.717) is 24.0 Å². The number of thiophene rings is 1. The first-order valence-electron chi connectivity index (χ1n) is 8.29. The number of aromatic nitrogens is 3. The van der Waals surface area contributed by atoms with Gasteiger partial charge in [0.05, 0.1) is 12.1 Å². The molecule has 0 N–H and O–H groups in total. The molecule has 3 aromatic rings. The second-order valence-electron chi connectivity index (χ2n) is 6.21. The second kappa shape index (κ2) is 6.72. The molecule has 0 bridgehead atoms. The van der Waals surface area contributed by atoms with E-state index in [0.717, 1.165) is 18.4 Å². The van der Waals surface area contributed by atoms with Gasteiger partial charge in [0.1, 0.15) is 0 Å². The quantitative estimate of drug-likeness (QED) is 0.704. The molecular weight excluding hydrogens is 332 g/mol. The second-order valence-corrected chi connectivity index (χ2v) is 7.59. The van der Waals surface area contributed by atoms with Crippen LogP contribution < -0.4 is 0 Å². The number of carbonyl (C=O) groups excluding carboxylic acids is 1. The molecule has 1 amide bonds. The van der Waals surface area contributed by atoms with Gasteiger partial charge in [0, 0.05) is 46.1 Å². The zero-order valence-corrected chi connectivity index (χ0v) is 14.7. The standard InChI is InChI=1S/C19H18N4OS/c1-13-4-7-17(25-13)12-23(16-5-6-16)19(24)15-10-21-18(22-11-15)14-3-2-8-20-9-14/h2-4,7-11,16H,5-6,12H2,1H3. The molecule has 0 unspecified atom stereocenters. The number of aryl methyl sites for hydroxylation is 1. The maximum absolute atomic E-state index is 12.9. The van der Waals surface area contributed by atoms with Crippen molar-refractivity contribution < 1.29 is 4.79 Å². The van der Waals surface area contributed by atoms with Crippen LogP contribution in [0.15, 0.2) is 49.1 Å². The van der Waals surface area contributed by atoms with Crippen LogP contribution in [0.2, 0.25) is 0 Å². The Labute approximate surface area is 150 Å². The Morgan fingerprint density at radius 1 is 1.20 bits per heavy atom. The van der Waals surface area contributed by atoms with Gasteiger partial charge in [0.25, 0.3) is 5.91 Å². The summed E-state index contributed by atoms with van der Waals surface area (Å²) in [6, 6.07) is 8.29. The highest BCUT2D eigenvalue weighted by atomic mass is 32.1. The lowest BCUT2D eigenvalue weighted by Crippen LogP contribution is -2.32. The smallest absolute Gasteiger partial charge is 0.257 e. The molecule has 126 valence electrons. The minimum atomic E-state index is 0.00582. The van der Waals surface area contributed by atoms with E-state index in [4.69, 9.17) is 0 Å². The molecular formula is C19H18N4OS. The van der Waals surface area contributed by atoms with Crippen molar-refractivity contribution in [2.24, 2.45) is 0 Å². The van der Waals surface area contributed by atoms with Crippen molar-refractivity contribution in [1.29, 1.82) is 0 Å². The summed E-state index contributed by atoms with van der Waals surface area (Å²) in [5.41, 5.74) is 1.38. The maximum atomic E-state index is 12.9. The molecule has 6 heteroatoms. The molecule has 1 aliphatic carbocycles. The Kier molecular flexibility index (Phi) is 4.28. The number of hydrogen-bond acceptors (Lipinski definition) is 5. The summed E-state index contributed by atoms with van der Waals surface area (Å²) in [4.78, 5) is 30.1. The van der Waals surface area contributed by atoms with Crippen LogP contribution >= 0.6 is 11.3 Å². The van der Waals surface area contributed by atoms with Crippen molar-refractivity contribution in [2.45, 2.75) is 32.4 Å². The number of pyridine rings is 1. The number of rotatable bonds is 5. The van der Waals surface area contributed by atoms with Crippen LogP contribution in [0.1, 0.15) is 33.0 Å². The van der Waals surface area contributed by atoms with E-state index in [2.05, 4.69) is 34.0 Å². The van der Waals surface area contributed by atoms with E-state index >= 15 is 0 Å². The molecule has 0 atom stereocenters. The van der Waals surface area contributed by atoms with Crippen LogP contribution in [0.5, 0.6) is 0 Å². The highest BCUT2D eigenvalue weighted by molar-refractivity contribution is 7.11. The van der Waals surface area contributed by atoms with Gasteiger partial charge >= 0.3 is 0 Å². The number of hydrogen-bond donors (Lipinski definition) is 0. The van der Waals surface area contributed by atoms with Gasteiger partial charge in [0.15, 0.2) is 5.82 Å². The lowest BCUT2D eigenvalue weighted by Gasteiger charge is -2.21. The van der Waals surface area contributed by atoms with E-state index in [9.17, 15) is 4.79 Å². The van der Waals surface area contributed by atoms with Crippen molar-refractivity contribution in [2.75, 3.05) is 0 Å². The fourth-order valence-electron chi connectivity index (χ4n) is 2.74. The third kappa shape index (κ3) is 3.58. The van der Waals surface area contributed by atoms with Crippen molar-refractivity contribution >= 4 is 17.2 Å². The monoisotopic (exact) mass is 350 g/mol. The Hall–Kier alpha value is -2.60. The maximum Gasteiger partial charge on any atom is 0.257 e. The Bertz CT molecular complexity index is 872. The molecule has 0 spiro atoms. The van der Waals surface area contributed by atoms with Gasteiger partial charge in [-0.2, -0.15) is 0 Å². The van der Waals surface area contributed by atoms with E-state index in [1.54, 1.807) is 36.1 Å². The third-order valence-corrected chi connectivity index (χ3v) is 5.17. The Balaban J connectivity index is 1.54. The summed E-state index contributed by atoms with van der Waals surface area (Å²) in [5.74, 6) is 0.586. The van der Waals surface area contributed by atoms with Crippen LogP contribution in [-0.4, -0.2) is 31.8 Å². The van der Waals surface area contributed by atoms with Crippen LogP contribution in [0.25, 0.3) is 11.4 Å². The lowest BCUT2D eigenvalue weighted by atomic mass is 10.2. The predicted octanol–water partition coefficient (Wildman–Crippen LogP) is 3.71. The van der Waals surface area contributed by atoms with Crippen molar-refractivity contribution in [3.05, 3.63) is 64.4 Å². The predicted molar refractivity (Wildman–Crippen MR) is 97.2 cm³/mol. The van der Waals surface area contributed by atoms with Gasteiger partial charge < -0.3 is 4.90 Å². The van der Waals surface area contributed by atoms with Crippen molar-refractivity contribution in [1.82, 2.24) is 19.9 Å². The summed E-state index contributed by atoms with van der Waals surface area (Å²) in [6.45, 7) is 2.74. The lowest BCUT2D eigenvalue weighted by molar-refractivity contribution is 0.0731. The number of carbonyl (C=O) groups is 1. The summed E-state index contributed by atoms with van der Waals surface area (Å²) in [6.07, 6.45) is 8.81. The Morgan fingerprint density at radius 3 is 2.60 bits per heavy atom. The van der Waals surface area contributed by atoms with Gasteiger partial charge in [-0.1, -0.05) is 0 Å². The summed E-state index contributed by atoms with van der Waals surface area (Å²) in [5, 5.41) is 0. The largest absolute Gasteiger partial charge is 0.330 e. The molecule has 1 fully saturated rings. The minimum absolute atomic E-state index is 0.00582. The molecule has 4 rings (SSSR count). The zero-order chi connectivity index (χ0) is 17.2. The van der Waals surface area contributed by atoms with E-state index in [-0.39, 0.29) is 5.91 Å². The molecule has 1 aliphatic rings. The topological polar surface area (TPSA) is 59.0 Å². The van der Waals surface area contributed by atoms with E-state index < -0.39 is 0 Å². The fourth-order valence-corrected chi connectivity index (χ4v) is 3.63. The van der Waals surface area contributed by atoms with Gasteiger partial charge in [-0.3, -0.25) is 9.78 Å². The SMILES string of the molecule is Cc1ccc(CN(C(=O)c2cnc(-c3cccnc3)nc2)C2CC2)s1. The first-order valence-corrected chi connectivity index (χ1v) is 9.11. The zero-order valence-electron chi connectivity index (χ0n) is 13.9. The summed E-state index contributed by atoms with van der Waals surface area (Å²) < 4.78 is 0. The molecule has 3 heterocycles. The summed E-state index contributed by atoms with van der Waals surface area (Å²) >= 11 is 1.74. The highest BCUT2D eigenvalue weighted by Crippen LogP contribution is 2.31. The molecule has 0 saturated heterocycles. The first-order chi connectivity index (χ1) is 12.2. The van der Waals surface area contributed by atoms with E-state index in [1.807, 2.05) is 17.0 Å². The minimum Gasteiger partial charge on any atom is -0.330 e. The van der Waals surface area contributed by atoms with Gasteiger partial charge in [-0.15, -0.1) is 11.3 Å². The first kappa shape index (κ1) is 15.9. The molecule has 5 nitrogen and oxygen atoms in total. The molecule has 0 aliphatic heterocycles. The van der Waals surface area contributed by atoms with Crippen molar-refractivity contribution in [3.63, 3.8) is 0 Å². The van der Waals surface area contributed by atoms with Crippen LogP contribution in [0.4, 0.5) is 0 Å². The Morgan fingerprint density at radius 2 is 2.00 bits per heavy atom. The van der Waals surface area contributed by atoms with Gasteiger partial charge in [-0.25, -0.2) is 9.97 Å². The molecule has 0 aromatic carbocycles. The van der Waals surface area contributed by atoms with E-state index in [1.165, 1.54) is 9.75 Å². The molecule has 25 heavy (non-hydrogen) atoms. The van der Waals surface area contributed by atoms with Crippen LogP contribution in [-0.2, 0) is 6.54 Å². The molecule has 3 aromatic heterocycles. The number of amides is 1. The van der Waals surface area contributed by atoms with Crippen LogP contribution in [0, 0.1) is 6.92 Å². The molecule has 1 saturated carbocycles. The van der Waals surface area contributed by atoms with Gasteiger partial charge in [0.2, 0.25) is 0 Å². The van der Waals surface area contributed by atoms with Crippen molar-refractivity contribution in [3.8, 4) is 11.4 Å². The van der Waals surface area contributed by atoms with Gasteiger partial charge in [-0.05, 0) is 44.0 Å². The normalized spacial score (nSPS) is 13.6. The fraction of sp³-hybridized carbons (Fsp3) is 0.263. The third-order valence-electron chi connectivity index (χ3n) is 4.19. The summed E-state index contributed by atoms with van der Waals surface area (Å²) in [7, 11) is 0. The average molecular weight is 350 g/mol.